The molecule has 0 saturated heterocycles. The molecule has 0 radical (unpaired) electrons. The predicted molar refractivity (Wildman–Crippen MR) is 100 cm³/mol. The molecule has 1 N–H and O–H groups in total. The molecule has 0 aliphatic rings. The average Bonchev–Trinajstić information content (AvgIpc) is 2.62. The van der Waals surface area contributed by atoms with E-state index in [-0.39, 0.29) is 5.91 Å². The summed E-state index contributed by atoms with van der Waals surface area (Å²) in [6, 6.07) is 15.8. The predicted octanol–water partition coefficient (Wildman–Crippen LogP) is 3.94. The quantitative estimate of drug-likeness (QED) is 0.791. The smallest absolute Gasteiger partial charge is 0.260 e. The zero-order valence-corrected chi connectivity index (χ0v) is 15.4. The molecule has 4 nitrogen and oxygen atoms in total. The van der Waals surface area contributed by atoms with E-state index in [9.17, 15) is 4.79 Å². The Morgan fingerprint density at radius 2 is 1.72 bits per heavy atom. The molecule has 0 fully saturated rings. The van der Waals surface area contributed by atoms with E-state index in [4.69, 9.17) is 9.47 Å². The van der Waals surface area contributed by atoms with Gasteiger partial charge < -0.3 is 14.8 Å². The van der Waals surface area contributed by atoms with Gasteiger partial charge in [-0.15, -0.1) is 0 Å². The van der Waals surface area contributed by atoms with Crippen LogP contribution in [0.4, 0.5) is 0 Å². The first-order chi connectivity index (χ1) is 12.0. The minimum absolute atomic E-state index is 0.123. The first-order valence-corrected chi connectivity index (χ1v) is 8.67. The van der Waals surface area contributed by atoms with Crippen molar-refractivity contribution < 1.29 is 14.3 Å². The minimum atomic E-state index is -0.560. The van der Waals surface area contributed by atoms with E-state index in [2.05, 4.69) is 43.4 Å². The van der Waals surface area contributed by atoms with E-state index in [0.717, 1.165) is 6.42 Å². The number of rotatable bonds is 8. The van der Waals surface area contributed by atoms with Crippen LogP contribution in [0.1, 0.15) is 37.8 Å². The summed E-state index contributed by atoms with van der Waals surface area (Å²) in [4.78, 5) is 12.2. The van der Waals surface area contributed by atoms with E-state index in [0.29, 0.717) is 24.0 Å². The first kappa shape index (κ1) is 18.8. The third-order valence-electron chi connectivity index (χ3n) is 4.08. The Morgan fingerprint density at radius 1 is 1.04 bits per heavy atom. The van der Waals surface area contributed by atoms with Gasteiger partial charge in [-0.3, -0.25) is 4.79 Å². The van der Waals surface area contributed by atoms with Gasteiger partial charge in [-0.25, -0.2) is 0 Å². The zero-order valence-electron chi connectivity index (χ0n) is 15.4. The van der Waals surface area contributed by atoms with Crippen molar-refractivity contribution in [3.63, 3.8) is 0 Å². The van der Waals surface area contributed by atoms with Crippen LogP contribution in [-0.4, -0.2) is 25.7 Å². The van der Waals surface area contributed by atoms with Crippen molar-refractivity contribution in [1.82, 2.24) is 5.32 Å². The van der Waals surface area contributed by atoms with Gasteiger partial charge in [-0.2, -0.15) is 0 Å². The number of hydrogen-bond acceptors (Lipinski definition) is 3. The van der Waals surface area contributed by atoms with Crippen molar-refractivity contribution in [2.75, 3.05) is 13.7 Å². The summed E-state index contributed by atoms with van der Waals surface area (Å²) in [5, 5.41) is 2.92. The fourth-order valence-electron chi connectivity index (χ4n) is 2.48. The van der Waals surface area contributed by atoms with Crippen molar-refractivity contribution >= 4 is 5.91 Å². The molecule has 4 heteroatoms. The molecule has 1 amide bonds. The van der Waals surface area contributed by atoms with Crippen molar-refractivity contribution in [1.29, 1.82) is 0 Å². The van der Waals surface area contributed by atoms with E-state index < -0.39 is 6.10 Å². The normalized spacial score (nSPS) is 11.9. The number of benzene rings is 2. The van der Waals surface area contributed by atoms with Crippen LogP contribution < -0.4 is 14.8 Å². The molecule has 134 valence electrons. The lowest BCUT2D eigenvalue weighted by molar-refractivity contribution is -0.127. The molecule has 0 aromatic heterocycles. The zero-order chi connectivity index (χ0) is 18.2. The van der Waals surface area contributed by atoms with Crippen LogP contribution in [-0.2, 0) is 11.2 Å². The number of amides is 1. The molecule has 0 saturated carbocycles. The Balaban J connectivity index is 1.79. The molecule has 2 aromatic carbocycles. The largest absolute Gasteiger partial charge is 0.497 e. The Kier molecular flexibility index (Phi) is 6.87. The summed E-state index contributed by atoms with van der Waals surface area (Å²) in [5.74, 6) is 1.73. The maximum Gasteiger partial charge on any atom is 0.260 e. The molecule has 0 aliphatic carbocycles. The molecular weight excluding hydrogens is 314 g/mol. The van der Waals surface area contributed by atoms with Crippen LogP contribution in [0.3, 0.4) is 0 Å². The SMILES string of the molecule is COc1cccc(OC(C)C(=O)NCCc2ccc(C(C)C)cc2)c1. The van der Waals surface area contributed by atoms with E-state index in [1.807, 2.05) is 18.2 Å². The second kappa shape index (κ2) is 9.11. The van der Waals surface area contributed by atoms with E-state index in [1.165, 1.54) is 11.1 Å². The number of carbonyl (C=O) groups excluding carboxylic acids is 1. The lowest BCUT2D eigenvalue weighted by atomic mass is 10.0. The Morgan fingerprint density at radius 3 is 2.36 bits per heavy atom. The van der Waals surface area contributed by atoms with Gasteiger partial charge in [-0.1, -0.05) is 44.2 Å². The summed E-state index contributed by atoms with van der Waals surface area (Å²) >= 11 is 0. The number of carbonyl (C=O) groups is 1. The van der Waals surface area contributed by atoms with Gasteiger partial charge in [0.05, 0.1) is 7.11 Å². The summed E-state index contributed by atoms with van der Waals surface area (Å²) in [7, 11) is 1.60. The maximum absolute atomic E-state index is 12.2. The molecule has 25 heavy (non-hydrogen) atoms. The van der Waals surface area contributed by atoms with Crippen molar-refractivity contribution in [3.8, 4) is 11.5 Å². The molecule has 1 unspecified atom stereocenters. The van der Waals surface area contributed by atoms with Gasteiger partial charge in [0, 0.05) is 12.6 Å². The van der Waals surface area contributed by atoms with Gasteiger partial charge in [0.25, 0.3) is 5.91 Å². The highest BCUT2D eigenvalue weighted by Crippen LogP contribution is 2.20. The van der Waals surface area contributed by atoms with Crippen LogP contribution in [0.5, 0.6) is 11.5 Å². The molecule has 1 atom stereocenters. The summed E-state index contributed by atoms with van der Waals surface area (Å²) in [6.07, 6.45) is 0.242. The topological polar surface area (TPSA) is 47.6 Å². The number of hydrogen-bond donors (Lipinski definition) is 1. The Hall–Kier alpha value is -2.49. The van der Waals surface area contributed by atoms with E-state index in [1.54, 1.807) is 20.1 Å². The number of nitrogens with one attached hydrogen (secondary N) is 1. The van der Waals surface area contributed by atoms with Crippen molar-refractivity contribution in [3.05, 3.63) is 59.7 Å². The molecule has 0 bridgehead atoms. The summed E-state index contributed by atoms with van der Waals surface area (Å²) in [6.45, 7) is 6.69. The fraction of sp³-hybridized carbons (Fsp3) is 0.381. The summed E-state index contributed by atoms with van der Waals surface area (Å²) < 4.78 is 10.8. The molecule has 2 aromatic rings. The van der Waals surface area contributed by atoms with Crippen LogP contribution in [0.15, 0.2) is 48.5 Å². The van der Waals surface area contributed by atoms with Crippen LogP contribution >= 0.6 is 0 Å². The second-order valence-electron chi connectivity index (χ2n) is 6.38. The lowest BCUT2D eigenvalue weighted by Gasteiger charge is -2.15. The minimum Gasteiger partial charge on any atom is -0.497 e. The molecule has 2 rings (SSSR count). The average molecular weight is 341 g/mol. The van der Waals surface area contributed by atoms with Crippen LogP contribution in [0, 0.1) is 0 Å². The third kappa shape index (κ3) is 5.82. The Labute approximate surface area is 150 Å². The highest BCUT2D eigenvalue weighted by Gasteiger charge is 2.14. The molecule has 0 spiro atoms. The van der Waals surface area contributed by atoms with Gasteiger partial charge in [0.15, 0.2) is 6.10 Å². The molecule has 0 aliphatic heterocycles. The van der Waals surface area contributed by atoms with Crippen LogP contribution in [0.25, 0.3) is 0 Å². The maximum atomic E-state index is 12.2. The van der Waals surface area contributed by atoms with Gasteiger partial charge in [-0.05, 0) is 42.5 Å². The van der Waals surface area contributed by atoms with Gasteiger partial charge in [0.2, 0.25) is 0 Å². The van der Waals surface area contributed by atoms with Crippen LogP contribution in [0.2, 0.25) is 0 Å². The standard InChI is InChI=1S/C21H27NO3/c1-15(2)18-10-8-17(9-11-18)12-13-22-21(23)16(3)25-20-7-5-6-19(14-20)24-4/h5-11,14-16H,12-13H2,1-4H3,(H,22,23). The lowest BCUT2D eigenvalue weighted by Crippen LogP contribution is -2.37. The van der Waals surface area contributed by atoms with Crippen molar-refractivity contribution in [2.45, 2.75) is 39.2 Å². The van der Waals surface area contributed by atoms with Gasteiger partial charge in [0.1, 0.15) is 11.5 Å². The van der Waals surface area contributed by atoms with E-state index >= 15 is 0 Å². The fourth-order valence-corrected chi connectivity index (χ4v) is 2.48. The van der Waals surface area contributed by atoms with Gasteiger partial charge >= 0.3 is 0 Å². The third-order valence-corrected chi connectivity index (χ3v) is 4.08. The Bertz CT molecular complexity index is 680. The molecular formula is C21H27NO3. The van der Waals surface area contributed by atoms with Crippen molar-refractivity contribution in [2.24, 2.45) is 0 Å². The monoisotopic (exact) mass is 341 g/mol. The number of ether oxygens (including phenoxy) is 2. The summed E-state index contributed by atoms with van der Waals surface area (Å²) in [5.41, 5.74) is 2.54. The first-order valence-electron chi connectivity index (χ1n) is 8.67. The molecule has 0 heterocycles. The highest BCUT2D eigenvalue weighted by atomic mass is 16.5. The highest BCUT2D eigenvalue weighted by molar-refractivity contribution is 5.80. The number of methoxy groups -OCH3 is 1. The second-order valence-corrected chi connectivity index (χ2v) is 6.38.